The molecule has 0 unspecified atom stereocenters. The standard InChI is InChI=1S/C26H22ClNO2/c1-18-13-14-25(27)19(16-18)8-6-7-15-28-26(29)30-17-24-22-11-4-2-9-20(22)21-10-3-5-12-23(21)24/h2-5,9-14,16,24H,7,15,17H2,1H3,(H,28,29). The first kappa shape index (κ1) is 20.1. The van der Waals surface area contributed by atoms with Crippen LogP contribution >= 0.6 is 11.6 Å². The molecule has 3 aromatic rings. The van der Waals surface area contributed by atoms with E-state index in [4.69, 9.17) is 16.3 Å². The van der Waals surface area contributed by atoms with Crippen LogP contribution in [-0.2, 0) is 4.74 Å². The Hall–Kier alpha value is -3.22. The van der Waals surface area contributed by atoms with E-state index in [-0.39, 0.29) is 5.92 Å². The van der Waals surface area contributed by atoms with Crippen molar-refractivity contribution < 1.29 is 9.53 Å². The zero-order valence-electron chi connectivity index (χ0n) is 16.7. The molecule has 0 fully saturated rings. The molecule has 1 N–H and O–H groups in total. The van der Waals surface area contributed by atoms with E-state index in [0.717, 1.165) is 11.1 Å². The summed E-state index contributed by atoms with van der Waals surface area (Å²) in [5, 5.41) is 3.41. The molecular weight excluding hydrogens is 394 g/mol. The number of aryl methyl sites for hydroxylation is 1. The summed E-state index contributed by atoms with van der Waals surface area (Å²) in [4.78, 5) is 12.2. The normalized spacial score (nSPS) is 11.8. The Morgan fingerprint density at radius 1 is 1.03 bits per heavy atom. The summed E-state index contributed by atoms with van der Waals surface area (Å²) in [5.74, 6) is 6.16. The number of carbonyl (C=O) groups is 1. The van der Waals surface area contributed by atoms with Gasteiger partial charge in [-0.2, -0.15) is 0 Å². The number of hydrogen-bond acceptors (Lipinski definition) is 2. The average Bonchev–Trinajstić information content (AvgIpc) is 3.08. The summed E-state index contributed by atoms with van der Waals surface area (Å²) in [6.45, 7) is 2.73. The Bertz CT molecular complexity index is 1100. The third-order valence-electron chi connectivity index (χ3n) is 5.21. The highest BCUT2D eigenvalue weighted by atomic mass is 35.5. The van der Waals surface area contributed by atoms with Gasteiger partial charge in [-0.05, 0) is 46.9 Å². The Morgan fingerprint density at radius 2 is 1.70 bits per heavy atom. The molecule has 0 aromatic heterocycles. The van der Waals surface area contributed by atoms with E-state index >= 15 is 0 Å². The summed E-state index contributed by atoms with van der Waals surface area (Å²) in [7, 11) is 0. The van der Waals surface area contributed by atoms with E-state index < -0.39 is 6.09 Å². The third kappa shape index (κ3) is 4.35. The van der Waals surface area contributed by atoms with Gasteiger partial charge in [-0.3, -0.25) is 0 Å². The van der Waals surface area contributed by atoms with Crippen LogP contribution in [-0.4, -0.2) is 19.2 Å². The molecule has 1 aliphatic carbocycles. The van der Waals surface area contributed by atoms with Crippen molar-refractivity contribution in [1.29, 1.82) is 0 Å². The number of nitrogens with one attached hydrogen (secondary N) is 1. The minimum absolute atomic E-state index is 0.0615. The first-order valence-electron chi connectivity index (χ1n) is 9.97. The first-order chi connectivity index (χ1) is 14.6. The zero-order valence-corrected chi connectivity index (χ0v) is 17.5. The molecule has 0 saturated heterocycles. The summed E-state index contributed by atoms with van der Waals surface area (Å²) in [5.41, 5.74) is 6.75. The lowest BCUT2D eigenvalue weighted by Gasteiger charge is -2.14. The van der Waals surface area contributed by atoms with E-state index in [1.54, 1.807) is 0 Å². The highest BCUT2D eigenvalue weighted by Gasteiger charge is 2.28. The third-order valence-corrected chi connectivity index (χ3v) is 5.54. The van der Waals surface area contributed by atoms with Crippen LogP contribution in [0.15, 0.2) is 66.7 Å². The molecule has 4 rings (SSSR count). The van der Waals surface area contributed by atoms with Gasteiger partial charge in [-0.15, -0.1) is 0 Å². The van der Waals surface area contributed by atoms with E-state index in [2.05, 4.69) is 41.4 Å². The minimum Gasteiger partial charge on any atom is -0.449 e. The van der Waals surface area contributed by atoms with Crippen molar-refractivity contribution in [2.45, 2.75) is 19.3 Å². The van der Waals surface area contributed by atoms with Crippen LogP contribution in [0.1, 0.15) is 34.6 Å². The lowest BCUT2D eigenvalue weighted by molar-refractivity contribution is 0.143. The van der Waals surface area contributed by atoms with E-state index in [9.17, 15) is 4.79 Å². The van der Waals surface area contributed by atoms with Gasteiger partial charge < -0.3 is 10.1 Å². The highest BCUT2D eigenvalue weighted by Crippen LogP contribution is 2.44. The van der Waals surface area contributed by atoms with Gasteiger partial charge in [-0.25, -0.2) is 4.79 Å². The maximum Gasteiger partial charge on any atom is 0.407 e. The number of ether oxygens (including phenoxy) is 1. The smallest absolute Gasteiger partial charge is 0.407 e. The van der Waals surface area contributed by atoms with Gasteiger partial charge in [0.05, 0.1) is 5.02 Å². The topological polar surface area (TPSA) is 38.3 Å². The van der Waals surface area contributed by atoms with Gasteiger partial charge in [0.1, 0.15) is 6.61 Å². The highest BCUT2D eigenvalue weighted by molar-refractivity contribution is 6.31. The summed E-state index contributed by atoms with van der Waals surface area (Å²) in [6.07, 6.45) is 0.0984. The largest absolute Gasteiger partial charge is 0.449 e. The molecule has 4 heteroatoms. The van der Waals surface area contributed by atoms with Gasteiger partial charge in [0, 0.05) is 24.4 Å². The van der Waals surface area contributed by atoms with Crippen LogP contribution < -0.4 is 5.32 Å². The fraction of sp³-hybridized carbons (Fsp3) is 0.192. The quantitative estimate of drug-likeness (QED) is 0.423. The summed E-state index contributed by atoms with van der Waals surface area (Å²) < 4.78 is 5.52. The molecule has 30 heavy (non-hydrogen) atoms. The lowest BCUT2D eigenvalue weighted by Crippen LogP contribution is -2.26. The molecule has 0 atom stereocenters. The van der Waals surface area contributed by atoms with Crippen LogP contribution in [0.25, 0.3) is 11.1 Å². The van der Waals surface area contributed by atoms with E-state index in [0.29, 0.717) is 24.6 Å². The van der Waals surface area contributed by atoms with Gasteiger partial charge in [0.15, 0.2) is 0 Å². The van der Waals surface area contributed by atoms with Crippen molar-refractivity contribution in [3.8, 4) is 23.0 Å². The predicted molar refractivity (Wildman–Crippen MR) is 121 cm³/mol. The number of amides is 1. The van der Waals surface area contributed by atoms with Gasteiger partial charge >= 0.3 is 6.09 Å². The molecule has 0 heterocycles. The van der Waals surface area contributed by atoms with E-state index in [1.165, 1.54) is 22.3 Å². The number of alkyl carbamates (subject to hydrolysis) is 1. The minimum atomic E-state index is -0.424. The van der Waals surface area contributed by atoms with Crippen molar-refractivity contribution in [2.75, 3.05) is 13.2 Å². The second-order valence-electron chi connectivity index (χ2n) is 7.29. The predicted octanol–water partition coefficient (Wildman–Crippen LogP) is 5.93. The van der Waals surface area contributed by atoms with Gasteiger partial charge in [0.25, 0.3) is 0 Å². The lowest BCUT2D eigenvalue weighted by atomic mass is 9.98. The summed E-state index contributed by atoms with van der Waals surface area (Å²) in [6, 6.07) is 22.3. The van der Waals surface area contributed by atoms with Crippen LogP contribution in [0.2, 0.25) is 5.02 Å². The molecule has 0 bridgehead atoms. The maximum atomic E-state index is 12.2. The fourth-order valence-corrected chi connectivity index (χ4v) is 3.93. The van der Waals surface area contributed by atoms with Crippen LogP contribution in [0.5, 0.6) is 0 Å². The molecule has 0 saturated carbocycles. The average molecular weight is 416 g/mol. The second-order valence-corrected chi connectivity index (χ2v) is 7.69. The van der Waals surface area contributed by atoms with Crippen molar-refractivity contribution in [1.82, 2.24) is 5.32 Å². The van der Waals surface area contributed by atoms with Crippen molar-refractivity contribution >= 4 is 17.7 Å². The maximum absolute atomic E-state index is 12.2. The molecule has 0 radical (unpaired) electrons. The monoisotopic (exact) mass is 415 g/mol. The van der Waals surface area contributed by atoms with Gasteiger partial charge in [0.2, 0.25) is 0 Å². The molecule has 1 amide bonds. The second kappa shape index (κ2) is 9.07. The first-order valence-corrected chi connectivity index (χ1v) is 10.3. The van der Waals surface area contributed by atoms with E-state index in [1.807, 2.05) is 49.4 Å². The number of benzene rings is 3. The molecule has 0 aliphatic heterocycles. The SMILES string of the molecule is Cc1ccc(Cl)c(C#CCCNC(=O)OCC2c3ccccc3-c3ccccc32)c1. The van der Waals surface area contributed by atoms with Gasteiger partial charge in [-0.1, -0.05) is 78.0 Å². The Balaban J connectivity index is 1.30. The molecule has 3 nitrogen and oxygen atoms in total. The number of carbonyl (C=O) groups excluding carboxylic acids is 1. The number of halogens is 1. The molecule has 150 valence electrons. The Morgan fingerprint density at radius 3 is 2.40 bits per heavy atom. The van der Waals surface area contributed by atoms with Crippen LogP contribution in [0.3, 0.4) is 0 Å². The Kier molecular flexibility index (Phi) is 6.07. The molecule has 3 aromatic carbocycles. The number of hydrogen-bond donors (Lipinski definition) is 1. The van der Waals surface area contributed by atoms with Crippen molar-refractivity contribution in [2.24, 2.45) is 0 Å². The molecule has 1 aliphatic rings. The van der Waals surface area contributed by atoms with Crippen molar-refractivity contribution in [3.05, 3.63) is 94.0 Å². The Labute approximate surface area is 182 Å². The number of rotatable bonds is 4. The molecular formula is C26H22ClNO2. The zero-order chi connectivity index (χ0) is 20.9. The fourth-order valence-electron chi connectivity index (χ4n) is 3.77. The van der Waals surface area contributed by atoms with Crippen LogP contribution in [0, 0.1) is 18.8 Å². The summed E-state index contributed by atoms with van der Waals surface area (Å²) >= 11 is 6.14. The molecule has 0 spiro atoms. The van der Waals surface area contributed by atoms with Crippen LogP contribution in [0.4, 0.5) is 4.79 Å². The van der Waals surface area contributed by atoms with Crippen molar-refractivity contribution in [3.63, 3.8) is 0 Å². The number of fused-ring (bicyclic) bond motifs is 3.